The predicted octanol–water partition coefficient (Wildman–Crippen LogP) is 4.24. The van der Waals surface area contributed by atoms with Crippen molar-refractivity contribution < 1.29 is 14.3 Å². The first-order chi connectivity index (χ1) is 14.5. The van der Waals surface area contributed by atoms with Crippen molar-refractivity contribution >= 4 is 23.2 Å². The molecule has 0 aliphatic rings. The molecule has 0 heterocycles. The first-order valence-electron chi connectivity index (χ1n) is 9.69. The number of hydrogen-bond acceptors (Lipinski definition) is 4. The Kier molecular flexibility index (Phi) is 7.05. The van der Waals surface area contributed by atoms with E-state index in [9.17, 15) is 9.59 Å². The maximum absolute atomic E-state index is 12.4. The van der Waals surface area contributed by atoms with Crippen LogP contribution in [-0.2, 0) is 4.79 Å². The third-order valence-corrected chi connectivity index (χ3v) is 4.62. The van der Waals surface area contributed by atoms with E-state index in [1.165, 1.54) is 0 Å². The maximum Gasteiger partial charge on any atom is 0.251 e. The topological polar surface area (TPSA) is 79.5 Å². The van der Waals surface area contributed by atoms with Crippen LogP contribution in [0.5, 0.6) is 5.75 Å². The highest BCUT2D eigenvalue weighted by Gasteiger charge is 2.11. The lowest BCUT2D eigenvalue weighted by atomic mass is 10.1. The fourth-order valence-electron chi connectivity index (χ4n) is 2.91. The minimum absolute atomic E-state index is 0.0953. The normalized spacial score (nSPS) is 11.3. The summed E-state index contributed by atoms with van der Waals surface area (Å²) in [6.45, 7) is 2.07. The first-order valence-corrected chi connectivity index (χ1v) is 9.69. The monoisotopic (exact) mass is 403 g/mol. The summed E-state index contributed by atoms with van der Waals surface area (Å²) in [5, 5.41) is 8.83. The van der Waals surface area contributed by atoms with Gasteiger partial charge in [0.2, 0.25) is 5.91 Å². The Morgan fingerprint density at radius 2 is 1.50 bits per heavy atom. The van der Waals surface area contributed by atoms with E-state index in [0.717, 1.165) is 17.0 Å². The predicted molar refractivity (Wildman–Crippen MR) is 119 cm³/mol. The van der Waals surface area contributed by atoms with Crippen molar-refractivity contribution in [1.29, 1.82) is 0 Å². The number of carbonyl (C=O) groups is 2. The minimum atomic E-state index is -0.180. The molecule has 0 aliphatic heterocycles. The van der Waals surface area contributed by atoms with Crippen LogP contribution in [0.25, 0.3) is 0 Å². The van der Waals surface area contributed by atoms with Gasteiger partial charge in [-0.25, -0.2) is 0 Å². The number of rotatable bonds is 8. The molecule has 6 heteroatoms. The van der Waals surface area contributed by atoms with Crippen molar-refractivity contribution in [3.63, 3.8) is 0 Å². The average Bonchev–Trinajstić information content (AvgIpc) is 2.79. The van der Waals surface area contributed by atoms with Crippen LogP contribution < -0.4 is 20.7 Å². The lowest BCUT2D eigenvalue weighted by Gasteiger charge is -2.14. The summed E-state index contributed by atoms with van der Waals surface area (Å²) in [4.78, 5) is 24.6. The van der Waals surface area contributed by atoms with Gasteiger partial charge in [0.25, 0.3) is 5.91 Å². The summed E-state index contributed by atoms with van der Waals surface area (Å²) in [7, 11) is 1.61. The summed E-state index contributed by atoms with van der Waals surface area (Å²) >= 11 is 0. The molecule has 0 saturated carbocycles. The van der Waals surface area contributed by atoms with Crippen molar-refractivity contribution in [2.75, 3.05) is 24.3 Å². The second-order valence-electron chi connectivity index (χ2n) is 6.81. The van der Waals surface area contributed by atoms with E-state index in [0.29, 0.717) is 11.3 Å². The molecule has 154 valence electrons. The van der Waals surface area contributed by atoms with Crippen molar-refractivity contribution in [2.45, 2.75) is 13.0 Å². The van der Waals surface area contributed by atoms with Gasteiger partial charge in [-0.15, -0.1) is 0 Å². The molecule has 0 fully saturated rings. The number of methoxy groups -OCH3 is 1. The lowest BCUT2D eigenvalue weighted by Crippen LogP contribution is -2.26. The molecule has 1 atom stereocenters. The molecular weight excluding hydrogens is 378 g/mol. The van der Waals surface area contributed by atoms with Crippen LogP contribution >= 0.6 is 0 Å². The second kappa shape index (κ2) is 10.1. The highest BCUT2D eigenvalue weighted by Crippen LogP contribution is 2.16. The first kappa shape index (κ1) is 20.9. The molecule has 0 radical (unpaired) electrons. The molecule has 0 saturated heterocycles. The molecule has 3 aromatic carbocycles. The Balaban J connectivity index is 1.49. The fraction of sp³-hybridized carbons (Fsp3) is 0.167. The van der Waals surface area contributed by atoms with Gasteiger partial charge in [-0.2, -0.15) is 0 Å². The zero-order chi connectivity index (χ0) is 21.3. The average molecular weight is 403 g/mol. The van der Waals surface area contributed by atoms with E-state index >= 15 is 0 Å². The van der Waals surface area contributed by atoms with Crippen LogP contribution in [0, 0.1) is 0 Å². The number of ether oxygens (including phenoxy) is 1. The zero-order valence-corrected chi connectivity index (χ0v) is 17.0. The third-order valence-electron chi connectivity index (χ3n) is 4.62. The van der Waals surface area contributed by atoms with Crippen molar-refractivity contribution in [1.82, 2.24) is 5.32 Å². The largest absolute Gasteiger partial charge is 0.497 e. The Labute approximate surface area is 176 Å². The highest BCUT2D eigenvalue weighted by molar-refractivity contribution is 5.96. The number of anilines is 2. The summed E-state index contributed by atoms with van der Waals surface area (Å²) in [6.07, 6.45) is 0. The standard InChI is InChI=1S/C24H25N3O3/c1-17(18-6-4-3-5-7-18)26-24(29)19-8-10-21(11-9-19)27-23(28)16-25-20-12-14-22(30-2)15-13-20/h3-15,17,25H,16H2,1-2H3,(H,26,29)(H,27,28). The SMILES string of the molecule is COc1ccc(NCC(=O)Nc2ccc(C(=O)NC(C)c3ccccc3)cc2)cc1. The van der Waals surface area contributed by atoms with Gasteiger partial charge in [0.05, 0.1) is 19.7 Å². The summed E-state index contributed by atoms with van der Waals surface area (Å²) in [5.74, 6) is 0.415. The van der Waals surface area contributed by atoms with Gasteiger partial charge in [-0.05, 0) is 61.0 Å². The van der Waals surface area contributed by atoms with E-state index < -0.39 is 0 Å². The van der Waals surface area contributed by atoms with E-state index in [1.807, 2.05) is 61.5 Å². The molecule has 2 amide bonds. The van der Waals surface area contributed by atoms with Crippen LogP contribution in [0.4, 0.5) is 11.4 Å². The van der Waals surface area contributed by atoms with Crippen LogP contribution in [0.1, 0.15) is 28.9 Å². The zero-order valence-electron chi connectivity index (χ0n) is 17.0. The van der Waals surface area contributed by atoms with Crippen molar-refractivity contribution in [2.24, 2.45) is 0 Å². The molecule has 3 N–H and O–H groups in total. The van der Waals surface area contributed by atoms with Gasteiger partial charge >= 0.3 is 0 Å². The van der Waals surface area contributed by atoms with Crippen molar-refractivity contribution in [3.05, 3.63) is 90.0 Å². The molecule has 0 aromatic heterocycles. The Morgan fingerprint density at radius 1 is 0.867 bits per heavy atom. The molecule has 3 aromatic rings. The molecule has 0 aliphatic carbocycles. The molecule has 0 bridgehead atoms. The van der Waals surface area contributed by atoms with Crippen LogP contribution in [-0.4, -0.2) is 25.5 Å². The lowest BCUT2D eigenvalue weighted by molar-refractivity contribution is -0.114. The van der Waals surface area contributed by atoms with Crippen LogP contribution in [0.2, 0.25) is 0 Å². The van der Waals surface area contributed by atoms with E-state index in [4.69, 9.17) is 4.74 Å². The highest BCUT2D eigenvalue weighted by atomic mass is 16.5. The van der Waals surface area contributed by atoms with E-state index in [2.05, 4.69) is 16.0 Å². The van der Waals surface area contributed by atoms with Crippen LogP contribution in [0.3, 0.4) is 0 Å². The molecular formula is C24H25N3O3. The number of benzene rings is 3. The van der Waals surface area contributed by atoms with Crippen molar-refractivity contribution in [3.8, 4) is 5.75 Å². The molecule has 1 unspecified atom stereocenters. The molecule has 30 heavy (non-hydrogen) atoms. The van der Waals surface area contributed by atoms with Gasteiger partial charge in [0.15, 0.2) is 0 Å². The van der Waals surface area contributed by atoms with Gasteiger partial charge in [-0.1, -0.05) is 30.3 Å². The summed E-state index contributed by atoms with van der Waals surface area (Å²) in [5.41, 5.74) is 3.03. The molecule has 6 nitrogen and oxygen atoms in total. The van der Waals surface area contributed by atoms with Gasteiger partial charge in [0.1, 0.15) is 5.75 Å². The Bertz CT molecular complexity index is 971. The van der Waals surface area contributed by atoms with Gasteiger partial charge in [-0.3, -0.25) is 9.59 Å². The smallest absolute Gasteiger partial charge is 0.251 e. The second-order valence-corrected chi connectivity index (χ2v) is 6.81. The Hall–Kier alpha value is -3.80. The van der Waals surface area contributed by atoms with Gasteiger partial charge < -0.3 is 20.7 Å². The van der Waals surface area contributed by atoms with E-state index in [1.54, 1.807) is 31.4 Å². The summed E-state index contributed by atoms with van der Waals surface area (Å²) < 4.78 is 5.11. The molecule has 3 rings (SSSR count). The number of amides is 2. The number of carbonyl (C=O) groups excluding carboxylic acids is 2. The quantitative estimate of drug-likeness (QED) is 0.526. The molecule has 0 spiro atoms. The fourth-order valence-corrected chi connectivity index (χ4v) is 2.91. The Morgan fingerprint density at radius 3 is 2.13 bits per heavy atom. The van der Waals surface area contributed by atoms with Gasteiger partial charge in [0, 0.05) is 16.9 Å². The third kappa shape index (κ3) is 5.85. The number of hydrogen-bond donors (Lipinski definition) is 3. The minimum Gasteiger partial charge on any atom is -0.497 e. The maximum atomic E-state index is 12.4. The van der Waals surface area contributed by atoms with E-state index in [-0.39, 0.29) is 24.4 Å². The van der Waals surface area contributed by atoms with Crippen LogP contribution in [0.15, 0.2) is 78.9 Å². The number of nitrogens with one attached hydrogen (secondary N) is 3. The summed E-state index contributed by atoms with van der Waals surface area (Å²) in [6, 6.07) is 23.8.